The molecule has 1 unspecified atom stereocenters. The Hall–Kier alpha value is -4.01. The number of anilines is 1. The van der Waals surface area contributed by atoms with Gasteiger partial charge < -0.3 is 20.1 Å². The molecule has 0 saturated carbocycles. The average Bonchev–Trinajstić information content (AvgIpc) is 3.14. The molecule has 2 aromatic carbocycles. The van der Waals surface area contributed by atoms with Gasteiger partial charge in [0.05, 0.1) is 35.6 Å². The Bertz CT molecular complexity index is 1750. The molecule has 2 aromatic heterocycles. The van der Waals surface area contributed by atoms with Crippen LogP contribution in [0.3, 0.4) is 0 Å². The lowest BCUT2D eigenvalue weighted by molar-refractivity contribution is 0.0957. The highest BCUT2D eigenvalue weighted by Gasteiger charge is 2.32. The van der Waals surface area contributed by atoms with Gasteiger partial charge >= 0.3 is 6.01 Å². The van der Waals surface area contributed by atoms with Gasteiger partial charge in [0.1, 0.15) is 17.4 Å². The third kappa shape index (κ3) is 4.71. The van der Waals surface area contributed by atoms with Gasteiger partial charge in [0.2, 0.25) is 0 Å². The lowest BCUT2D eigenvalue weighted by atomic mass is 9.94. The molecule has 4 heterocycles. The second kappa shape index (κ2) is 10.8. The number of benzene rings is 2. The monoisotopic (exact) mass is 592 g/mol. The van der Waals surface area contributed by atoms with Crippen LogP contribution in [0.15, 0.2) is 24.3 Å². The molecule has 9 nitrogen and oxygen atoms in total. The summed E-state index contributed by atoms with van der Waals surface area (Å²) in [5, 5.41) is 19.0. The van der Waals surface area contributed by atoms with E-state index in [4.69, 9.17) is 32.7 Å². The summed E-state index contributed by atoms with van der Waals surface area (Å²) >= 11 is 8.29. The van der Waals surface area contributed by atoms with Gasteiger partial charge in [0.25, 0.3) is 5.91 Å². The van der Waals surface area contributed by atoms with E-state index in [1.165, 1.54) is 13.2 Å². The minimum absolute atomic E-state index is 0.0867. The molecule has 41 heavy (non-hydrogen) atoms. The number of ether oxygens (including phenoxy) is 1. The first-order valence-corrected chi connectivity index (χ1v) is 14.4. The maximum Gasteiger partial charge on any atom is 0.318 e. The van der Waals surface area contributed by atoms with Gasteiger partial charge in [-0.3, -0.25) is 9.48 Å². The number of thioether (sulfide) groups is 1. The van der Waals surface area contributed by atoms with Gasteiger partial charge in [-0.05, 0) is 35.6 Å². The highest BCUT2D eigenvalue weighted by atomic mass is 35.5. The van der Waals surface area contributed by atoms with Crippen LogP contribution in [0, 0.1) is 18.2 Å². The first-order chi connectivity index (χ1) is 19.8. The van der Waals surface area contributed by atoms with Crippen molar-refractivity contribution >= 4 is 45.9 Å². The highest BCUT2D eigenvalue weighted by molar-refractivity contribution is 7.98. The fourth-order valence-corrected chi connectivity index (χ4v) is 7.15. The number of aromatic hydroxyl groups is 1. The predicted molar refractivity (Wildman–Crippen MR) is 156 cm³/mol. The van der Waals surface area contributed by atoms with E-state index in [0.29, 0.717) is 47.6 Å². The van der Waals surface area contributed by atoms with Crippen molar-refractivity contribution in [2.75, 3.05) is 25.6 Å². The zero-order valence-corrected chi connectivity index (χ0v) is 23.9. The lowest BCUT2D eigenvalue weighted by Gasteiger charge is -2.30. The fourth-order valence-electron chi connectivity index (χ4n) is 5.56. The first kappa shape index (κ1) is 27.2. The Morgan fingerprint density at radius 2 is 2.15 bits per heavy atom. The zero-order valence-electron chi connectivity index (χ0n) is 22.4. The largest absolute Gasteiger partial charge is 0.508 e. The number of nitrogens with one attached hydrogen (secondary N) is 1. The van der Waals surface area contributed by atoms with Crippen LogP contribution in [0.25, 0.3) is 10.8 Å². The number of hydrogen-bond donors (Lipinski definition) is 2. The molecule has 4 aromatic rings. The summed E-state index contributed by atoms with van der Waals surface area (Å²) < 4.78 is 22.0. The van der Waals surface area contributed by atoms with E-state index in [9.17, 15) is 14.3 Å². The third-order valence-electron chi connectivity index (χ3n) is 7.49. The molecule has 0 saturated heterocycles. The molecule has 0 fully saturated rings. The number of hydrogen-bond acceptors (Lipinski definition) is 8. The van der Waals surface area contributed by atoms with E-state index < -0.39 is 5.82 Å². The highest BCUT2D eigenvalue weighted by Crippen LogP contribution is 2.46. The summed E-state index contributed by atoms with van der Waals surface area (Å²) in [4.78, 5) is 23.9. The summed E-state index contributed by atoms with van der Waals surface area (Å²) in [7, 11) is 3.07. The molecule has 2 N–H and O–H groups in total. The molecule has 0 spiro atoms. The summed E-state index contributed by atoms with van der Waals surface area (Å²) in [6.07, 6.45) is 6.98. The number of halogens is 2. The third-order valence-corrected chi connectivity index (χ3v) is 9.16. The zero-order chi connectivity index (χ0) is 28.8. The van der Waals surface area contributed by atoms with Gasteiger partial charge in [0.15, 0.2) is 5.69 Å². The molecule has 0 radical (unpaired) electrons. The van der Waals surface area contributed by atoms with Gasteiger partial charge in [0, 0.05) is 48.5 Å². The van der Waals surface area contributed by atoms with Crippen molar-refractivity contribution in [1.82, 2.24) is 25.1 Å². The van der Waals surface area contributed by atoms with E-state index in [0.717, 1.165) is 34.8 Å². The van der Waals surface area contributed by atoms with Gasteiger partial charge in [-0.2, -0.15) is 15.1 Å². The van der Waals surface area contributed by atoms with E-state index in [1.807, 2.05) is 0 Å². The summed E-state index contributed by atoms with van der Waals surface area (Å²) in [6, 6.07) is 6.44. The average molecular weight is 593 g/mol. The van der Waals surface area contributed by atoms with Crippen LogP contribution in [0.1, 0.15) is 50.2 Å². The van der Waals surface area contributed by atoms with E-state index in [1.54, 1.807) is 41.7 Å². The van der Waals surface area contributed by atoms with Crippen molar-refractivity contribution in [3.05, 3.63) is 68.9 Å². The number of terminal acetylenes is 1. The molecule has 0 bridgehead atoms. The fraction of sp³-hybridized carbons (Fsp3) is 0.310. The molecule has 1 atom stereocenters. The number of phenolic OH excluding ortho intramolecular Hbond substituents is 1. The molecule has 1 amide bonds. The predicted octanol–water partition coefficient (Wildman–Crippen LogP) is 4.61. The number of methoxy groups -OCH3 is 1. The standard InChI is InChI=1S/C29H26ClFN6O3S/c1-4-17-20(31)7-6-15-10-16(38)11-18(24(15)17)23-12-21-19(14-41-23)27(34-29(33-21)40-3)36-8-5-9-37-22(13-36)25(30)26(35-37)28(39)32-2/h1,6-7,10-11,23,38H,5,8-9,12-14H2,2-3H3,(H,32,39). The second-order valence-corrected chi connectivity index (χ2v) is 11.4. The van der Waals surface area contributed by atoms with Crippen LogP contribution in [-0.2, 0) is 25.3 Å². The van der Waals surface area contributed by atoms with Gasteiger partial charge in [-0.15, -0.1) is 18.2 Å². The van der Waals surface area contributed by atoms with Gasteiger partial charge in [-0.25, -0.2) is 4.39 Å². The van der Waals surface area contributed by atoms with Crippen LogP contribution in [0.4, 0.5) is 10.2 Å². The molecule has 2 aliphatic rings. The molecule has 12 heteroatoms. The number of aryl methyl sites for hydroxylation is 1. The summed E-state index contributed by atoms with van der Waals surface area (Å²) in [5.74, 6) is 3.08. The molecular weight excluding hydrogens is 567 g/mol. The van der Waals surface area contributed by atoms with Crippen molar-refractivity contribution in [2.45, 2.75) is 36.9 Å². The quantitative estimate of drug-likeness (QED) is 0.331. The summed E-state index contributed by atoms with van der Waals surface area (Å²) in [6.45, 7) is 1.71. The van der Waals surface area contributed by atoms with Crippen LogP contribution < -0.4 is 15.0 Å². The van der Waals surface area contributed by atoms with Crippen LogP contribution in [0.5, 0.6) is 11.8 Å². The van der Waals surface area contributed by atoms with E-state index in [-0.39, 0.29) is 34.2 Å². The lowest BCUT2D eigenvalue weighted by Crippen LogP contribution is -2.27. The van der Waals surface area contributed by atoms with Crippen LogP contribution >= 0.6 is 23.4 Å². The Kier molecular flexibility index (Phi) is 7.13. The Morgan fingerprint density at radius 3 is 2.90 bits per heavy atom. The van der Waals surface area contributed by atoms with E-state index >= 15 is 0 Å². The first-order valence-electron chi connectivity index (χ1n) is 13.0. The SMILES string of the molecule is C#Cc1c(F)ccc2cc(O)cc(C3Cc4nc(OC)nc(N5CCCn6nc(C(=O)NC)c(Cl)c6C5)c4CS3)c12. The van der Waals surface area contributed by atoms with Crippen LogP contribution in [-0.4, -0.2) is 51.5 Å². The normalized spacial score (nSPS) is 16.5. The second-order valence-electron chi connectivity index (χ2n) is 9.85. The molecule has 2 aliphatic heterocycles. The number of fused-ring (bicyclic) bond motifs is 3. The Labute approximate surface area is 245 Å². The number of nitrogens with zero attached hydrogens (tertiary/aromatic N) is 5. The number of rotatable bonds is 4. The number of phenols is 1. The van der Waals surface area contributed by atoms with Crippen molar-refractivity contribution < 1.29 is 19.0 Å². The van der Waals surface area contributed by atoms with E-state index in [2.05, 4.69) is 21.2 Å². The number of carbonyl (C=O) groups is 1. The topological polar surface area (TPSA) is 105 Å². The summed E-state index contributed by atoms with van der Waals surface area (Å²) in [5.41, 5.74) is 3.66. The minimum atomic E-state index is -0.474. The molecule has 0 aliphatic carbocycles. The molecular formula is C29H26ClFN6O3S. The maximum atomic E-state index is 14.7. The van der Waals surface area contributed by atoms with Crippen molar-refractivity contribution in [1.29, 1.82) is 0 Å². The maximum absolute atomic E-state index is 14.7. The Balaban J connectivity index is 1.40. The Morgan fingerprint density at radius 1 is 1.32 bits per heavy atom. The number of carbonyl (C=O) groups excluding carboxylic acids is 1. The van der Waals surface area contributed by atoms with Crippen molar-refractivity contribution in [2.24, 2.45) is 0 Å². The molecule has 6 rings (SSSR count). The molecule has 210 valence electrons. The van der Waals surface area contributed by atoms with Crippen molar-refractivity contribution in [3.8, 4) is 24.1 Å². The van der Waals surface area contributed by atoms with Crippen LogP contribution in [0.2, 0.25) is 5.02 Å². The minimum Gasteiger partial charge on any atom is -0.508 e. The smallest absolute Gasteiger partial charge is 0.318 e. The number of aromatic nitrogens is 4. The van der Waals surface area contributed by atoms with Crippen molar-refractivity contribution in [3.63, 3.8) is 0 Å². The number of amides is 1. The van der Waals surface area contributed by atoms with Gasteiger partial charge in [-0.1, -0.05) is 23.6 Å².